The molecule has 1 N–H and O–H groups in total. The molecule has 4 heteroatoms. The molecule has 2 heterocycles. The summed E-state index contributed by atoms with van der Waals surface area (Å²) in [6, 6.07) is 9.34. The highest BCUT2D eigenvalue weighted by Gasteiger charge is 2.30. The average molecular weight is 319 g/mol. The number of thiazole rings is 1. The van der Waals surface area contributed by atoms with Crippen LogP contribution in [0, 0.1) is 13.8 Å². The SMILES string of the molecule is CCNC(Cc1nc(C)c(C)s1)C1CSc2ccccc21. The van der Waals surface area contributed by atoms with E-state index < -0.39 is 0 Å². The van der Waals surface area contributed by atoms with Gasteiger partial charge in [0, 0.05) is 33.9 Å². The first kappa shape index (κ1) is 15.1. The molecule has 0 fully saturated rings. The average Bonchev–Trinajstić information content (AvgIpc) is 3.03. The summed E-state index contributed by atoms with van der Waals surface area (Å²) in [4.78, 5) is 7.54. The Morgan fingerprint density at radius 1 is 1.33 bits per heavy atom. The third-order valence-electron chi connectivity index (χ3n) is 4.16. The van der Waals surface area contributed by atoms with Crippen LogP contribution in [0.2, 0.25) is 0 Å². The standard InChI is InChI=1S/C17H22N2S2/c1-4-18-15(9-17-19-11(2)12(3)21-17)14-10-20-16-8-6-5-7-13(14)16/h5-8,14-15,18H,4,9-10H2,1-3H3. The molecule has 1 aromatic carbocycles. The summed E-state index contributed by atoms with van der Waals surface area (Å²) in [5.41, 5.74) is 2.70. The highest BCUT2D eigenvalue weighted by Crippen LogP contribution is 2.41. The number of aromatic nitrogens is 1. The molecule has 2 nitrogen and oxygen atoms in total. The monoisotopic (exact) mass is 318 g/mol. The van der Waals surface area contributed by atoms with Crippen molar-refractivity contribution in [1.82, 2.24) is 10.3 Å². The zero-order valence-electron chi connectivity index (χ0n) is 12.8. The lowest BCUT2D eigenvalue weighted by atomic mass is 9.91. The number of thioether (sulfide) groups is 1. The van der Waals surface area contributed by atoms with Crippen molar-refractivity contribution in [3.63, 3.8) is 0 Å². The van der Waals surface area contributed by atoms with Gasteiger partial charge in [-0.05, 0) is 32.0 Å². The summed E-state index contributed by atoms with van der Waals surface area (Å²) in [6.45, 7) is 7.48. The van der Waals surface area contributed by atoms with Crippen LogP contribution in [0.3, 0.4) is 0 Å². The first-order valence-electron chi connectivity index (χ1n) is 7.57. The number of fused-ring (bicyclic) bond motifs is 1. The minimum atomic E-state index is 0.483. The third kappa shape index (κ3) is 3.17. The number of likely N-dealkylation sites (N-methyl/N-ethyl adjacent to an activating group) is 1. The maximum atomic E-state index is 4.73. The topological polar surface area (TPSA) is 24.9 Å². The van der Waals surface area contributed by atoms with Crippen molar-refractivity contribution in [3.8, 4) is 0 Å². The van der Waals surface area contributed by atoms with Crippen LogP contribution in [0.25, 0.3) is 0 Å². The van der Waals surface area contributed by atoms with Gasteiger partial charge in [-0.3, -0.25) is 0 Å². The first-order valence-corrected chi connectivity index (χ1v) is 9.37. The predicted molar refractivity (Wildman–Crippen MR) is 92.7 cm³/mol. The fraction of sp³-hybridized carbons (Fsp3) is 0.471. The second-order valence-corrected chi connectivity index (χ2v) is 7.92. The van der Waals surface area contributed by atoms with Crippen molar-refractivity contribution >= 4 is 23.1 Å². The quantitative estimate of drug-likeness (QED) is 0.895. The Balaban J connectivity index is 1.82. The van der Waals surface area contributed by atoms with E-state index in [1.54, 1.807) is 0 Å². The van der Waals surface area contributed by atoms with Crippen molar-refractivity contribution < 1.29 is 0 Å². The smallest absolute Gasteiger partial charge is 0.0946 e. The number of nitrogens with zero attached hydrogens (tertiary/aromatic N) is 1. The molecule has 0 aliphatic carbocycles. The molecule has 0 bridgehead atoms. The van der Waals surface area contributed by atoms with Gasteiger partial charge in [0.2, 0.25) is 0 Å². The van der Waals surface area contributed by atoms with Crippen LogP contribution in [-0.2, 0) is 6.42 Å². The zero-order chi connectivity index (χ0) is 14.8. The second-order valence-electron chi connectivity index (χ2n) is 5.57. The molecule has 1 aliphatic heterocycles. The summed E-state index contributed by atoms with van der Waals surface area (Å²) in [5.74, 6) is 1.77. The van der Waals surface area contributed by atoms with E-state index >= 15 is 0 Å². The maximum Gasteiger partial charge on any atom is 0.0946 e. The number of nitrogens with one attached hydrogen (secondary N) is 1. The van der Waals surface area contributed by atoms with Gasteiger partial charge in [0.15, 0.2) is 0 Å². The predicted octanol–water partition coefficient (Wildman–Crippen LogP) is 4.17. The molecule has 2 atom stereocenters. The summed E-state index contributed by atoms with van der Waals surface area (Å²) in [5, 5.41) is 4.96. The summed E-state index contributed by atoms with van der Waals surface area (Å²) < 4.78 is 0. The number of hydrogen-bond acceptors (Lipinski definition) is 4. The molecule has 0 amide bonds. The lowest BCUT2D eigenvalue weighted by Gasteiger charge is -2.24. The van der Waals surface area contributed by atoms with Crippen LogP contribution >= 0.6 is 23.1 Å². The molecule has 0 radical (unpaired) electrons. The molecule has 21 heavy (non-hydrogen) atoms. The Hall–Kier alpha value is -0.840. The van der Waals surface area contributed by atoms with Crippen LogP contribution in [0.1, 0.15) is 34.0 Å². The minimum Gasteiger partial charge on any atom is -0.313 e. The second kappa shape index (κ2) is 6.51. The molecular formula is C17H22N2S2. The van der Waals surface area contributed by atoms with Gasteiger partial charge in [-0.1, -0.05) is 25.1 Å². The molecule has 1 aliphatic rings. The van der Waals surface area contributed by atoms with E-state index in [0.29, 0.717) is 12.0 Å². The van der Waals surface area contributed by atoms with Crippen LogP contribution < -0.4 is 5.32 Å². The van der Waals surface area contributed by atoms with Crippen LogP contribution in [0.5, 0.6) is 0 Å². The van der Waals surface area contributed by atoms with Gasteiger partial charge in [0.1, 0.15) is 0 Å². The Morgan fingerprint density at radius 2 is 2.14 bits per heavy atom. The van der Waals surface area contributed by atoms with E-state index in [1.807, 2.05) is 23.1 Å². The minimum absolute atomic E-state index is 0.483. The summed E-state index contributed by atoms with van der Waals surface area (Å²) in [6.07, 6.45) is 1.03. The lowest BCUT2D eigenvalue weighted by Crippen LogP contribution is -2.37. The molecule has 2 unspecified atom stereocenters. The number of hydrogen-bond donors (Lipinski definition) is 1. The zero-order valence-corrected chi connectivity index (χ0v) is 14.5. The third-order valence-corrected chi connectivity index (χ3v) is 6.46. The Labute approximate surface area is 135 Å². The summed E-state index contributed by atoms with van der Waals surface area (Å²) >= 11 is 3.84. The van der Waals surface area contributed by atoms with E-state index in [0.717, 1.165) is 13.0 Å². The lowest BCUT2D eigenvalue weighted by molar-refractivity contribution is 0.462. The van der Waals surface area contributed by atoms with Crippen molar-refractivity contribution in [3.05, 3.63) is 45.4 Å². The van der Waals surface area contributed by atoms with Gasteiger partial charge < -0.3 is 5.32 Å². The van der Waals surface area contributed by atoms with Gasteiger partial charge in [0.05, 0.1) is 10.7 Å². The van der Waals surface area contributed by atoms with Crippen LogP contribution in [-0.4, -0.2) is 23.3 Å². The van der Waals surface area contributed by atoms with Gasteiger partial charge in [-0.25, -0.2) is 4.98 Å². The first-order chi connectivity index (χ1) is 10.2. The van der Waals surface area contributed by atoms with Gasteiger partial charge in [0.25, 0.3) is 0 Å². The largest absolute Gasteiger partial charge is 0.313 e. The van der Waals surface area contributed by atoms with E-state index in [-0.39, 0.29) is 0 Å². The van der Waals surface area contributed by atoms with Crippen molar-refractivity contribution in [2.75, 3.05) is 12.3 Å². The van der Waals surface area contributed by atoms with E-state index in [4.69, 9.17) is 4.98 Å². The Bertz CT molecular complexity index is 602. The highest BCUT2D eigenvalue weighted by molar-refractivity contribution is 7.99. The van der Waals surface area contributed by atoms with Gasteiger partial charge in [-0.2, -0.15) is 0 Å². The van der Waals surface area contributed by atoms with E-state index in [9.17, 15) is 0 Å². The van der Waals surface area contributed by atoms with Crippen molar-refractivity contribution in [2.45, 2.75) is 44.0 Å². The Morgan fingerprint density at radius 3 is 2.86 bits per heavy atom. The molecule has 0 saturated carbocycles. The number of aryl methyl sites for hydroxylation is 2. The number of benzene rings is 1. The van der Waals surface area contributed by atoms with Crippen LogP contribution in [0.4, 0.5) is 0 Å². The normalized spacial score (nSPS) is 18.7. The van der Waals surface area contributed by atoms with Gasteiger partial charge >= 0.3 is 0 Å². The molecule has 3 rings (SSSR count). The molecular weight excluding hydrogens is 296 g/mol. The molecule has 112 valence electrons. The van der Waals surface area contributed by atoms with Gasteiger partial charge in [-0.15, -0.1) is 23.1 Å². The maximum absolute atomic E-state index is 4.73. The van der Waals surface area contributed by atoms with Crippen LogP contribution in [0.15, 0.2) is 29.2 Å². The highest BCUT2D eigenvalue weighted by atomic mass is 32.2. The van der Waals surface area contributed by atoms with E-state index in [2.05, 4.69) is 50.4 Å². The van der Waals surface area contributed by atoms with Crippen molar-refractivity contribution in [1.29, 1.82) is 0 Å². The molecule has 2 aromatic rings. The number of rotatable bonds is 5. The Kier molecular flexibility index (Phi) is 4.67. The molecule has 0 spiro atoms. The fourth-order valence-electron chi connectivity index (χ4n) is 2.95. The fourth-order valence-corrected chi connectivity index (χ4v) is 5.28. The molecule has 0 saturated heterocycles. The van der Waals surface area contributed by atoms with E-state index in [1.165, 1.54) is 31.8 Å². The molecule has 1 aromatic heterocycles. The summed E-state index contributed by atoms with van der Waals surface area (Å²) in [7, 11) is 0. The van der Waals surface area contributed by atoms with Crippen molar-refractivity contribution in [2.24, 2.45) is 0 Å².